The molecule has 1 N–H and O–H groups in total. The quantitative estimate of drug-likeness (QED) is 0.636. The Morgan fingerprint density at radius 1 is 1.29 bits per heavy atom. The van der Waals surface area contributed by atoms with Gasteiger partial charge in [0.2, 0.25) is 0 Å². The highest BCUT2D eigenvalue weighted by molar-refractivity contribution is 5.87. The van der Waals surface area contributed by atoms with E-state index in [0.29, 0.717) is 36.2 Å². The molecule has 2 fully saturated rings. The van der Waals surface area contributed by atoms with Gasteiger partial charge in [-0.3, -0.25) is 9.59 Å². The van der Waals surface area contributed by atoms with E-state index < -0.39 is 6.10 Å². The van der Waals surface area contributed by atoms with Crippen molar-refractivity contribution < 1.29 is 19.4 Å². The topological polar surface area (TPSA) is 63.6 Å². The minimum atomic E-state index is -0.475. The third-order valence-corrected chi connectivity index (χ3v) is 6.65. The minimum Gasteiger partial charge on any atom is -0.427 e. The smallest absolute Gasteiger partial charge is 0.308 e. The summed E-state index contributed by atoms with van der Waals surface area (Å²) in [5.74, 6) is 1.45. The van der Waals surface area contributed by atoms with Crippen LogP contribution in [0.15, 0.2) is 18.2 Å². The summed E-state index contributed by atoms with van der Waals surface area (Å²) in [5, 5.41) is 10.9. The zero-order chi connectivity index (χ0) is 17.1. The molecule has 128 valence electrons. The zero-order valence-electron chi connectivity index (χ0n) is 14.2. The lowest BCUT2D eigenvalue weighted by Crippen LogP contribution is -2.48. The van der Waals surface area contributed by atoms with Crippen molar-refractivity contribution in [2.24, 2.45) is 17.3 Å². The van der Waals surface area contributed by atoms with E-state index in [1.54, 1.807) is 0 Å². The van der Waals surface area contributed by atoms with Crippen LogP contribution in [0.4, 0.5) is 0 Å². The maximum Gasteiger partial charge on any atom is 0.308 e. The Morgan fingerprint density at radius 3 is 2.83 bits per heavy atom. The first-order chi connectivity index (χ1) is 11.4. The number of hydrogen-bond donors (Lipinski definition) is 1. The van der Waals surface area contributed by atoms with E-state index in [2.05, 4.69) is 6.92 Å². The van der Waals surface area contributed by atoms with Crippen LogP contribution >= 0.6 is 0 Å². The summed E-state index contributed by atoms with van der Waals surface area (Å²) in [6.45, 7) is 3.46. The Hall–Kier alpha value is -1.68. The van der Waals surface area contributed by atoms with Gasteiger partial charge in [0.25, 0.3) is 0 Å². The average molecular weight is 328 g/mol. The van der Waals surface area contributed by atoms with Gasteiger partial charge in [-0.25, -0.2) is 0 Å². The van der Waals surface area contributed by atoms with Gasteiger partial charge in [0, 0.05) is 24.7 Å². The number of carbonyl (C=O) groups is 2. The number of benzene rings is 1. The maximum absolute atomic E-state index is 12.4. The third-order valence-electron chi connectivity index (χ3n) is 6.65. The first kappa shape index (κ1) is 15.8. The van der Waals surface area contributed by atoms with Crippen LogP contribution in [0.25, 0.3) is 0 Å². The van der Waals surface area contributed by atoms with Crippen LogP contribution in [0.3, 0.4) is 0 Å². The van der Waals surface area contributed by atoms with E-state index in [-0.39, 0.29) is 17.3 Å². The fraction of sp³-hybridized carbons (Fsp3) is 0.600. The molecule has 0 amide bonds. The van der Waals surface area contributed by atoms with Crippen molar-refractivity contribution in [2.45, 2.75) is 58.0 Å². The summed E-state index contributed by atoms with van der Waals surface area (Å²) in [6.07, 6.45) is 3.63. The average Bonchev–Trinajstić information content (AvgIpc) is 2.81. The molecular formula is C20H24O4. The predicted molar refractivity (Wildman–Crippen MR) is 88.8 cm³/mol. The van der Waals surface area contributed by atoms with Gasteiger partial charge in [0.15, 0.2) is 0 Å². The molecule has 3 aliphatic rings. The van der Waals surface area contributed by atoms with Crippen LogP contribution in [0.5, 0.6) is 5.75 Å². The number of hydrogen-bond acceptors (Lipinski definition) is 4. The summed E-state index contributed by atoms with van der Waals surface area (Å²) in [5.41, 5.74) is 2.01. The number of ether oxygens (including phenoxy) is 1. The zero-order valence-corrected chi connectivity index (χ0v) is 14.2. The second-order valence-electron chi connectivity index (χ2n) is 7.94. The molecular weight excluding hydrogens is 304 g/mol. The van der Waals surface area contributed by atoms with E-state index in [1.165, 1.54) is 18.1 Å². The first-order valence-electron chi connectivity index (χ1n) is 8.93. The Morgan fingerprint density at radius 2 is 2.08 bits per heavy atom. The van der Waals surface area contributed by atoms with Gasteiger partial charge < -0.3 is 9.84 Å². The van der Waals surface area contributed by atoms with Crippen molar-refractivity contribution in [1.29, 1.82) is 0 Å². The lowest BCUT2D eigenvalue weighted by molar-refractivity contribution is -0.133. The van der Waals surface area contributed by atoms with Crippen LogP contribution < -0.4 is 4.74 Å². The number of ketones is 1. The molecule has 4 rings (SSSR count). The van der Waals surface area contributed by atoms with E-state index in [4.69, 9.17) is 4.74 Å². The van der Waals surface area contributed by atoms with Gasteiger partial charge in [0.1, 0.15) is 11.5 Å². The number of rotatable bonds is 1. The molecule has 3 aliphatic carbocycles. The minimum absolute atomic E-state index is 0.101. The molecule has 2 saturated carbocycles. The Bertz CT molecular complexity index is 710. The summed E-state index contributed by atoms with van der Waals surface area (Å²) >= 11 is 0. The van der Waals surface area contributed by atoms with Gasteiger partial charge in [0.05, 0.1) is 6.10 Å². The lowest BCUT2D eigenvalue weighted by Gasteiger charge is -2.50. The molecule has 24 heavy (non-hydrogen) atoms. The molecule has 4 nitrogen and oxygen atoms in total. The third kappa shape index (κ3) is 2.23. The van der Waals surface area contributed by atoms with Crippen LogP contribution in [-0.4, -0.2) is 23.0 Å². The van der Waals surface area contributed by atoms with Gasteiger partial charge in [-0.05, 0) is 60.8 Å². The molecule has 0 aromatic heterocycles. The van der Waals surface area contributed by atoms with E-state index in [0.717, 1.165) is 19.3 Å². The van der Waals surface area contributed by atoms with Crippen molar-refractivity contribution >= 4 is 11.8 Å². The number of Topliss-reactive ketones (excluding diaryl/α,β-unsaturated/α-hetero) is 1. The first-order valence-corrected chi connectivity index (χ1v) is 8.93. The van der Waals surface area contributed by atoms with E-state index >= 15 is 0 Å². The molecule has 5 atom stereocenters. The molecule has 1 aromatic rings. The normalized spacial score (nSPS) is 37.4. The summed E-state index contributed by atoms with van der Waals surface area (Å²) in [7, 11) is 0. The standard InChI is InChI=1S/C20H24O4/c1-11(21)24-13-4-6-14-12(9-13)3-5-15-16-7-8-18(23)20(16,2)10-17(22)19(14)15/h4,6,9,15-17,19,22H,3,5,7-8,10H2,1-2H3/t15-,16+,17+,19+,20-/m0/s1. The molecule has 0 radical (unpaired) electrons. The highest BCUT2D eigenvalue weighted by Crippen LogP contribution is 2.59. The SMILES string of the molecule is CC(=O)Oc1ccc2c(c1)CC[C@@H]1[C@@H]2[C@H](O)C[C@]2(C)C(=O)CC[C@H]12. The molecule has 0 unspecified atom stereocenters. The highest BCUT2D eigenvalue weighted by atomic mass is 16.5. The Balaban J connectivity index is 1.70. The van der Waals surface area contributed by atoms with Crippen LogP contribution in [0, 0.1) is 17.3 Å². The number of esters is 1. The number of aryl methyl sites for hydroxylation is 1. The maximum atomic E-state index is 12.4. The highest BCUT2D eigenvalue weighted by Gasteiger charge is 2.57. The van der Waals surface area contributed by atoms with Crippen molar-refractivity contribution in [2.75, 3.05) is 0 Å². The molecule has 1 aromatic carbocycles. The number of fused-ring (bicyclic) bond motifs is 5. The summed E-state index contributed by atoms with van der Waals surface area (Å²) in [6, 6.07) is 5.77. The van der Waals surface area contributed by atoms with Crippen molar-refractivity contribution in [3.8, 4) is 5.75 Å². The molecule has 0 spiro atoms. The van der Waals surface area contributed by atoms with Gasteiger partial charge in [-0.2, -0.15) is 0 Å². The van der Waals surface area contributed by atoms with E-state index in [9.17, 15) is 14.7 Å². The molecule has 0 aliphatic heterocycles. The number of aliphatic hydroxyl groups excluding tert-OH is 1. The van der Waals surface area contributed by atoms with Crippen LogP contribution in [-0.2, 0) is 16.0 Å². The molecule has 4 heteroatoms. The van der Waals surface area contributed by atoms with Crippen LogP contribution in [0.1, 0.15) is 56.6 Å². The Labute approximate surface area is 142 Å². The Kier molecular flexibility index (Phi) is 3.57. The van der Waals surface area contributed by atoms with Crippen LogP contribution in [0.2, 0.25) is 0 Å². The van der Waals surface area contributed by atoms with Crippen molar-refractivity contribution in [3.63, 3.8) is 0 Å². The largest absolute Gasteiger partial charge is 0.427 e. The number of carbonyl (C=O) groups excluding carboxylic acids is 2. The molecule has 0 bridgehead atoms. The lowest BCUT2D eigenvalue weighted by atomic mass is 9.54. The second kappa shape index (κ2) is 5.41. The van der Waals surface area contributed by atoms with E-state index in [1.807, 2.05) is 18.2 Å². The fourth-order valence-corrected chi connectivity index (χ4v) is 5.64. The van der Waals surface area contributed by atoms with Crippen molar-refractivity contribution in [1.82, 2.24) is 0 Å². The molecule has 0 saturated heterocycles. The monoisotopic (exact) mass is 328 g/mol. The summed E-state index contributed by atoms with van der Waals surface area (Å²) < 4.78 is 5.20. The second-order valence-corrected chi connectivity index (χ2v) is 7.94. The van der Waals surface area contributed by atoms with Gasteiger partial charge in [-0.1, -0.05) is 13.0 Å². The fourth-order valence-electron chi connectivity index (χ4n) is 5.64. The molecule has 0 heterocycles. The predicted octanol–water partition coefficient (Wildman–Crippen LogP) is 3.01. The summed E-state index contributed by atoms with van der Waals surface area (Å²) in [4.78, 5) is 23.5. The van der Waals surface area contributed by atoms with Gasteiger partial charge >= 0.3 is 5.97 Å². The van der Waals surface area contributed by atoms with Gasteiger partial charge in [-0.15, -0.1) is 0 Å². The van der Waals surface area contributed by atoms with Crippen molar-refractivity contribution in [3.05, 3.63) is 29.3 Å². The number of aliphatic hydroxyl groups is 1.